The van der Waals surface area contributed by atoms with Crippen LogP contribution in [0, 0.1) is 0 Å². The summed E-state index contributed by atoms with van der Waals surface area (Å²) in [5, 5.41) is 9.59. The number of anilines is 2. The highest BCUT2D eigenvalue weighted by molar-refractivity contribution is 6.02. The van der Waals surface area contributed by atoms with E-state index < -0.39 is 0 Å². The van der Waals surface area contributed by atoms with Gasteiger partial charge in [-0.25, -0.2) is 4.98 Å². The Morgan fingerprint density at radius 1 is 1.23 bits per heavy atom. The van der Waals surface area contributed by atoms with Gasteiger partial charge in [-0.2, -0.15) is 5.10 Å². The molecule has 1 aliphatic rings. The highest BCUT2D eigenvalue weighted by atomic mass is 16.3. The highest BCUT2D eigenvalue weighted by Gasteiger charge is 2.16. The van der Waals surface area contributed by atoms with Crippen LogP contribution in [0.25, 0.3) is 11.5 Å². The lowest BCUT2D eigenvalue weighted by Crippen LogP contribution is -2.44. The van der Waals surface area contributed by atoms with Gasteiger partial charge in [-0.15, -0.1) is 0 Å². The van der Waals surface area contributed by atoms with Crippen molar-refractivity contribution in [3.63, 3.8) is 0 Å². The van der Waals surface area contributed by atoms with Crippen LogP contribution in [0.1, 0.15) is 10.5 Å². The molecule has 1 amide bonds. The second-order valence-electron chi connectivity index (χ2n) is 6.29. The molecular formula is C18H20N6O2. The van der Waals surface area contributed by atoms with Crippen LogP contribution in [0.2, 0.25) is 0 Å². The number of hydrogen-bond donors (Lipinski definition) is 2. The van der Waals surface area contributed by atoms with Gasteiger partial charge in [0.25, 0.3) is 5.91 Å². The molecule has 1 aliphatic heterocycles. The minimum Gasteiger partial charge on any atom is -0.463 e. The predicted molar refractivity (Wildman–Crippen MR) is 98.2 cm³/mol. The number of piperazine rings is 1. The number of carbonyl (C=O) groups is 1. The van der Waals surface area contributed by atoms with E-state index in [0.717, 1.165) is 31.9 Å². The third kappa shape index (κ3) is 3.45. The number of nitrogens with zero attached hydrogens (tertiary/aromatic N) is 4. The van der Waals surface area contributed by atoms with Crippen LogP contribution < -0.4 is 10.2 Å². The summed E-state index contributed by atoms with van der Waals surface area (Å²) in [5.74, 6) is 0.806. The van der Waals surface area contributed by atoms with Gasteiger partial charge < -0.3 is 19.5 Å². The van der Waals surface area contributed by atoms with Crippen LogP contribution >= 0.6 is 0 Å². The van der Waals surface area contributed by atoms with E-state index in [4.69, 9.17) is 4.42 Å². The number of carbonyl (C=O) groups excluding carboxylic acids is 1. The first-order valence-electron chi connectivity index (χ1n) is 8.49. The van der Waals surface area contributed by atoms with Crippen molar-refractivity contribution in [3.05, 3.63) is 48.5 Å². The van der Waals surface area contributed by atoms with Gasteiger partial charge in [-0.05, 0) is 31.3 Å². The molecule has 0 aromatic carbocycles. The molecule has 0 spiro atoms. The zero-order valence-corrected chi connectivity index (χ0v) is 14.5. The van der Waals surface area contributed by atoms with Crippen molar-refractivity contribution >= 4 is 17.4 Å². The number of hydrogen-bond acceptors (Lipinski definition) is 6. The number of likely N-dealkylation sites (N-methyl/N-ethyl adjacent to an activating group) is 1. The maximum absolute atomic E-state index is 12.3. The van der Waals surface area contributed by atoms with E-state index >= 15 is 0 Å². The van der Waals surface area contributed by atoms with Crippen molar-refractivity contribution in [2.75, 3.05) is 43.4 Å². The molecule has 8 nitrogen and oxygen atoms in total. The second kappa shape index (κ2) is 7.01. The Kier molecular flexibility index (Phi) is 4.40. The Morgan fingerprint density at radius 2 is 2.08 bits per heavy atom. The summed E-state index contributed by atoms with van der Waals surface area (Å²) in [6.07, 6.45) is 3.36. The van der Waals surface area contributed by atoms with Gasteiger partial charge in [0.2, 0.25) is 0 Å². The molecule has 2 N–H and O–H groups in total. The summed E-state index contributed by atoms with van der Waals surface area (Å²) >= 11 is 0. The molecule has 8 heteroatoms. The minimum absolute atomic E-state index is 0.279. The molecule has 0 saturated carbocycles. The molecule has 0 bridgehead atoms. The lowest BCUT2D eigenvalue weighted by Gasteiger charge is -2.33. The Balaban J connectivity index is 1.40. The molecule has 3 aromatic rings. The standard InChI is InChI=1S/C18H20N6O2/c1-23-6-8-24(9-7-23)13-4-5-17(19-12-13)20-18(25)15-11-14(21-22-15)16-3-2-10-26-16/h2-5,10-12H,6-9H2,1H3,(H,21,22)(H,19,20,25). The summed E-state index contributed by atoms with van der Waals surface area (Å²) in [6, 6.07) is 9.01. The second-order valence-corrected chi connectivity index (χ2v) is 6.29. The fourth-order valence-electron chi connectivity index (χ4n) is 2.89. The first kappa shape index (κ1) is 16.3. The zero-order chi connectivity index (χ0) is 17.9. The highest BCUT2D eigenvalue weighted by Crippen LogP contribution is 2.19. The van der Waals surface area contributed by atoms with Crippen molar-refractivity contribution in [2.24, 2.45) is 0 Å². The number of rotatable bonds is 4. The number of H-pyrrole nitrogens is 1. The van der Waals surface area contributed by atoms with Gasteiger partial charge in [0.15, 0.2) is 11.5 Å². The molecule has 0 radical (unpaired) electrons. The first-order valence-corrected chi connectivity index (χ1v) is 8.49. The number of nitrogens with one attached hydrogen (secondary N) is 2. The van der Waals surface area contributed by atoms with Crippen molar-refractivity contribution in [2.45, 2.75) is 0 Å². The van der Waals surface area contributed by atoms with Crippen LogP contribution in [-0.2, 0) is 0 Å². The summed E-state index contributed by atoms with van der Waals surface area (Å²) in [4.78, 5) is 21.3. The van der Waals surface area contributed by atoms with Gasteiger partial charge in [-0.3, -0.25) is 9.89 Å². The average Bonchev–Trinajstić information content (AvgIpc) is 3.35. The van der Waals surface area contributed by atoms with Crippen LogP contribution in [-0.4, -0.2) is 59.2 Å². The van der Waals surface area contributed by atoms with Crippen molar-refractivity contribution < 1.29 is 9.21 Å². The maximum atomic E-state index is 12.3. The van der Waals surface area contributed by atoms with Crippen LogP contribution in [0.4, 0.5) is 11.5 Å². The molecule has 1 fully saturated rings. The van der Waals surface area contributed by atoms with E-state index in [2.05, 4.69) is 37.3 Å². The van der Waals surface area contributed by atoms with Crippen LogP contribution in [0.3, 0.4) is 0 Å². The van der Waals surface area contributed by atoms with E-state index in [1.165, 1.54) is 0 Å². The molecular weight excluding hydrogens is 332 g/mol. The smallest absolute Gasteiger partial charge is 0.277 e. The summed E-state index contributed by atoms with van der Waals surface area (Å²) in [6.45, 7) is 4.03. The fourth-order valence-corrected chi connectivity index (χ4v) is 2.89. The zero-order valence-electron chi connectivity index (χ0n) is 14.5. The number of furan rings is 1. The first-order chi connectivity index (χ1) is 12.7. The molecule has 1 saturated heterocycles. The fraction of sp³-hybridized carbons (Fsp3) is 0.278. The van der Waals surface area contributed by atoms with Crippen LogP contribution in [0.15, 0.2) is 47.2 Å². The van der Waals surface area contributed by atoms with Gasteiger partial charge in [-0.1, -0.05) is 0 Å². The normalized spacial score (nSPS) is 15.2. The number of amides is 1. The van der Waals surface area contributed by atoms with Gasteiger partial charge in [0.05, 0.1) is 18.1 Å². The topological polar surface area (TPSA) is 90.3 Å². The number of pyridine rings is 1. The average molecular weight is 352 g/mol. The lowest BCUT2D eigenvalue weighted by molar-refractivity contribution is 0.102. The molecule has 0 aliphatic carbocycles. The SMILES string of the molecule is CN1CCN(c2ccc(NC(=O)c3cc(-c4ccco4)[nH]n3)nc2)CC1. The quantitative estimate of drug-likeness (QED) is 0.747. The third-order valence-corrected chi connectivity index (χ3v) is 4.46. The number of aromatic nitrogens is 3. The van der Waals surface area contributed by atoms with E-state index in [9.17, 15) is 4.79 Å². The number of aromatic amines is 1. The monoisotopic (exact) mass is 352 g/mol. The summed E-state index contributed by atoms with van der Waals surface area (Å²) < 4.78 is 5.29. The van der Waals surface area contributed by atoms with E-state index in [-0.39, 0.29) is 11.6 Å². The Labute approximate surface area is 150 Å². The predicted octanol–water partition coefficient (Wildman–Crippen LogP) is 2.07. The molecule has 3 aromatic heterocycles. The van der Waals surface area contributed by atoms with Gasteiger partial charge >= 0.3 is 0 Å². The van der Waals surface area contributed by atoms with Gasteiger partial charge in [0.1, 0.15) is 11.5 Å². The summed E-state index contributed by atoms with van der Waals surface area (Å²) in [7, 11) is 2.13. The Bertz CT molecular complexity index is 863. The van der Waals surface area contributed by atoms with E-state index in [1.807, 2.05) is 12.1 Å². The van der Waals surface area contributed by atoms with E-state index in [1.54, 1.807) is 30.7 Å². The minimum atomic E-state index is -0.320. The van der Waals surface area contributed by atoms with Crippen LogP contribution in [0.5, 0.6) is 0 Å². The van der Waals surface area contributed by atoms with Crippen molar-refractivity contribution in [1.82, 2.24) is 20.1 Å². The Morgan fingerprint density at radius 3 is 2.77 bits per heavy atom. The Hall–Kier alpha value is -3.13. The maximum Gasteiger partial charge on any atom is 0.277 e. The lowest BCUT2D eigenvalue weighted by atomic mass is 10.2. The molecule has 0 atom stereocenters. The molecule has 26 heavy (non-hydrogen) atoms. The largest absolute Gasteiger partial charge is 0.463 e. The molecule has 134 valence electrons. The summed E-state index contributed by atoms with van der Waals surface area (Å²) in [5.41, 5.74) is 2.00. The van der Waals surface area contributed by atoms with Gasteiger partial charge in [0, 0.05) is 32.2 Å². The molecule has 4 heterocycles. The van der Waals surface area contributed by atoms with Crippen molar-refractivity contribution in [3.8, 4) is 11.5 Å². The van der Waals surface area contributed by atoms with Crippen molar-refractivity contribution in [1.29, 1.82) is 0 Å². The third-order valence-electron chi connectivity index (χ3n) is 4.46. The van der Waals surface area contributed by atoms with E-state index in [0.29, 0.717) is 17.3 Å². The molecule has 0 unspecified atom stereocenters. The molecule has 4 rings (SSSR count).